The van der Waals surface area contributed by atoms with Crippen molar-refractivity contribution in [1.82, 2.24) is 20.2 Å². The van der Waals surface area contributed by atoms with Gasteiger partial charge in [0.15, 0.2) is 5.16 Å². The SMILES string of the molecule is CNC(=O)NC(=O)CSc1nc2cc(Cl)ccc2c(=O)n1-c1ccc(Cl)cc1. The maximum atomic E-state index is 13.1. The van der Waals surface area contributed by atoms with Gasteiger partial charge in [-0.15, -0.1) is 0 Å². The number of rotatable bonds is 4. The van der Waals surface area contributed by atoms with Crippen molar-refractivity contribution < 1.29 is 9.59 Å². The highest BCUT2D eigenvalue weighted by Gasteiger charge is 2.16. The Bertz CT molecular complexity index is 1120. The van der Waals surface area contributed by atoms with Crippen molar-refractivity contribution in [3.8, 4) is 5.69 Å². The van der Waals surface area contributed by atoms with Crippen LogP contribution in [0.1, 0.15) is 0 Å². The van der Waals surface area contributed by atoms with E-state index in [1.807, 2.05) is 0 Å². The molecule has 2 aromatic carbocycles. The lowest BCUT2D eigenvalue weighted by Gasteiger charge is -2.13. The first kappa shape index (κ1) is 20.2. The van der Waals surface area contributed by atoms with Gasteiger partial charge in [-0.2, -0.15) is 0 Å². The number of nitrogens with zero attached hydrogens (tertiary/aromatic N) is 2. The number of aromatic nitrogens is 2. The van der Waals surface area contributed by atoms with Gasteiger partial charge in [0.2, 0.25) is 5.91 Å². The van der Waals surface area contributed by atoms with Gasteiger partial charge in [-0.3, -0.25) is 19.5 Å². The van der Waals surface area contributed by atoms with Gasteiger partial charge < -0.3 is 5.32 Å². The smallest absolute Gasteiger partial charge is 0.321 e. The number of carbonyl (C=O) groups excluding carboxylic acids is 2. The second-order valence-corrected chi connectivity index (χ2v) is 7.40. The van der Waals surface area contributed by atoms with Crippen LogP contribution in [0.5, 0.6) is 0 Å². The van der Waals surface area contributed by atoms with Crippen LogP contribution in [0.25, 0.3) is 16.6 Å². The van der Waals surface area contributed by atoms with Crippen molar-refractivity contribution in [2.75, 3.05) is 12.8 Å². The molecule has 3 aromatic rings. The summed E-state index contributed by atoms with van der Waals surface area (Å²) in [5, 5.41) is 6.10. The van der Waals surface area contributed by atoms with Crippen LogP contribution in [0.15, 0.2) is 52.4 Å². The van der Waals surface area contributed by atoms with E-state index in [0.717, 1.165) is 11.8 Å². The van der Waals surface area contributed by atoms with E-state index in [1.165, 1.54) is 11.6 Å². The Hall–Kier alpha value is -2.55. The standard InChI is InChI=1S/C18H14Cl2N4O3S/c1-21-17(27)23-15(25)9-28-18-22-14-8-11(20)4-7-13(14)16(26)24(18)12-5-2-10(19)3-6-12/h2-8H,9H2,1H3,(H2,21,23,25,27). The lowest BCUT2D eigenvalue weighted by Crippen LogP contribution is -2.38. The average molecular weight is 437 g/mol. The molecule has 0 unspecified atom stereocenters. The zero-order valence-corrected chi connectivity index (χ0v) is 16.9. The molecule has 0 saturated carbocycles. The fourth-order valence-electron chi connectivity index (χ4n) is 2.41. The molecule has 0 fully saturated rings. The predicted molar refractivity (Wildman–Crippen MR) is 111 cm³/mol. The number of hydrogen-bond donors (Lipinski definition) is 2. The Balaban J connectivity index is 2.06. The maximum Gasteiger partial charge on any atom is 0.321 e. The zero-order valence-electron chi connectivity index (χ0n) is 14.5. The number of hydrogen-bond acceptors (Lipinski definition) is 5. The van der Waals surface area contributed by atoms with Gasteiger partial charge >= 0.3 is 6.03 Å². The molecule has 0 aliphatic carbocycles. The Labute approximate surface area is 174 Å². The summed E-state index contributed by atoms with van der Waals surface area (Å²) < 4.78 is 1.39. The molecular weight excluding hydrogens is 423 g/mol. The number of halogens is 2. The molecule has 7 nitrogen and oxygen atoms in total. The van der Waals surface area contributed by atoms with Gasteiger partial charge in [0.05, 0.1) is 22.3 Å². The molecule has 1 aromatic heterocycles. The minimum atomic E-state index is -0.612. The lowest BCUT2D eigenvalue weighted by molar-refractivity contribution is -0.117. The second kappa shape index (κ2) is 8.64. The van der Waals surface area contributed by atoms with E-state index in [0.29, 0.717) is 26.6 Å². The van der Waals surface area contributed by atoms with E-state index in [9.17, 15) is 14.4 Å². The van der Waals surface area contributed by atoms with Crippen LogP contribution in [0, 0.1) is 0 Å². The molecule has 10 heteroatoms. The summed E-state index contributed by atoms with van der Waals surface area (Å²) in [7, 11) is 1.41. The van der Waals surface area contributed by atoms with E-state index in [4.69, 9.17) is 23.2 Å². The molecule has 3 rings (SSSR count). The molecule has 0 aliphatic rings. The van der Waals surface area contributed by atoms with Gasteiger partial charge in [-0.1, -0.05) is 35.0 Å². The van der Waals surface area contributed by atoms with Crippen molar-refractivity contribution >= 4 is 57.8 Å². The van der Waals surface area contributed by atoms with Crippen molar-refractivity contribution in [1.29, 1.82) is 0 Å². The minimum Gasteiger partial charge on any atom is -0.341 e. The van der Waals surface area contributed by atoms with Gasteiger partial charge in [-0.25, -0.2) is 9.78 Å². The summed E-state index contributed by atoms with van der Waals surface area (Å²) in [6.45, 7) is 0. The number of urea groups is 1. The van der Waals surface area contributed by atoms with Crippen LogP contribution in [0.4, 0.5) is 4.79 Å². The molecule has 2 N–H and O–H groups in total. The van der Waals surface area contributed by atoms with Gasteiger partial charge in [-0.05, 0) is 42.5 Å². The molecule has 0 radical (unpaired) electrons. The summed E-state index contributed by atoms with van der Waals surface area (Å²) in [5.41, 5.74) is 0.656. The molecule has 0 saturated heterocycles. The Morgan fingerprint density at radius 3 is 2.46 bits per heavy atom. The summed E-state index contributed by atoms with van der Waals surface area (Å²) in [5.74, 6) is -0.632. The highest BCUT2D eigenvalue weighted by Crippen LogP contribution is 2.23. The maximum absolute atomic E-state index is 13.1. The molecule has 1 heterocycles. The monoisotopic (exact) mass is 436 g/mol. The predicted octanol–water partition coefficient (Wildman–Crippen LogP) is 3.24. The fourth-order valence-corrected chi connectivity index (χ4v) is 3.51. The topological polar surface area (TPSA) is 93.1 Å². The van der Waals surface area contributed by atoms with E-state index in [2.05, 4.69) is 15.6 Å². The minimum absolute atomic E-state index is 0.112. The third-order valence-corrected chi connectivity index (χ3v) is 5.12. The Morgan fingerprint density at radius 2 is 1.79 bits per heavy atom. The number of imide groups is 1. The number of nitrogens with one attached hydrogen (secondary N) is 2. The van der Waals surface area contributed by atoms with Gasteiger partial charge in [0.1, 0.15) is 0 Å². The first-order valence-electron chi connectivity index (χ1n) is 8.01. The normalized spacial score (nSPS) is 10.7. The third kappa shape index (κ3) is 4.46. The molecule has 0 spiro atoms. The van der Waals surface area contributed by atoms with Crippen LogP contribution in [0.2, 0.25) is 10.0 Å². The summed E-state index contributed by atoms with van der Waals surface area (Å²) in [4.78, 5) is 40.8. The van der Waals surface area contributed by atoms with Crippen LogP contribution >= 0.6 is 35.0 Å². The highest BCUT2D eigenvalue weighted by atomic mass is 35.5. The number of amides is 3. The lowest BCUT2D eigenvalue weighted by atomic mass is 10.2. The molecular formula is C18H14Cl2N4O3S. The van der Waals surface area contributed by atoms with Crippen molar-refractivity contribution in [2.45, 2.75) is 5.16 Å². The molecule has 144 valence electrons. The largest absolute Gasteiger partial charge is 0.341 e. The highest BCUT2D eigenvalue weighted by molar-refractivity contribution is 7.99. The van der Waals surface area contributed by atoms with Crippen molar-refractivity contribution in [3.05, 3.63) is 62.9 Å². The first-order valence-corrected chi connectivity index (χ1v) is 9.76. The Kier molecular flexibility index (Phi) is 6.23. The zero-order chi connectivity index (χ0) is 20.3. The van der Waals surface area contributed by atoms with Gasteiger partial charge in [0, 0.05) is 17.1 Å². The molecule has 0 bridgehead atoms. The number of thioether (sulfide) groups is 1. The quantitative estimate of drug-likeness (QED) is 0.483. The summed E-state index contributed by atoms with van der Waals surface area (Å²) in [6, 6.07) is 10.9. The van der Waals surface area contributed by atoms with Crippen molar-refractivity contribution in [2.24, 2.45) is 0 Å². The molecule has 28 heavy (non-hydrogen) atoms. The van der Waals surface area contributed by atoms with Crippen LogP contribution in [0.3, 0.4) is 0 Å². The van der Waals surface area contributed by atoms with E-state index >= 15 is 0 Å². The number of fused-ring (bicyclic) bond motifs is 1. The summed E-state index contributed by atoms with van der Waals surface area (Å²) in [6.07, 6.45) is 0. The average Bonchev–Trinajstić information content (AvgIpc) is 2.67. The van der Waals surface area contributed by atoms with Crippen molar-refractivity contribution in [3.63, 3.8) is 0 Å². The van der Waals surface area contributed by atoms with Crippen LogP contribution < -0.4 is 16.2 Å². The van der Waals surface area contributed by atoms with E-state index < -0.39 is 11.9 Å². The Morgan fingerprint density at radius 1 is 1.11 bits per heavy atom. The molecule has 0 aliphatic heterocycles. The summed E-state index contributed by atoms with van der Waals surface area (Å²) >= 11 is 13.0. The number of carbonyl (C=O) groups is 2. The molecule has 0 atom stereocenters. The van der Waals surface area contributed by atoms with Gasteiger partial charge in [0.25, 0.3) is 5.56 Å². The second-order valence-electron chi connectivity index (χ2n) is 5.59. The van der Waals surface area contributed by atoms with E-state index in [-0.39, 0.29) is 16.5 Å². The van der Waals surface area contributed by atoms with E-state index in [1.54, 1.807) is 42.5 Å². The van der Waals surface area contributed by atoms with Crippen LogP contribution in [-0.2, 0) is 4.79 Å². The first-order chi connectivity index (χ1) is 13.4. The number of benzene rings is 2. The third-order valence-electron chi connectivity index (χ3n) is 3.70. The fraction of sp³-hybridized carbons (Fsp3) is 0.111. The van der Waals surface area contributed by atoms with Crippen LogP contribution in [-0.4, -0.2) is 34.3 Å². The molecule has 3 amide bonds.